The number of methoxy groups -OCH3 is 1. The van der Waals surface area contributed by atoms with Crippen LogP contribution in [-0.2, 0) is 6.42 Å². The molecule has 2 aromatic rings. The lowest BCUT2D eigenvalue weighted by Gasteiger charge is -2.23. The van der Waals surface area contributed by atoms with Gasteiger partial charge in [-0.2, -0.15) is 0 Å². The van der Waals surface area contributed by atoms with Crippen molar-refractivity contribution in [1.82, 2.24) is 0 Å². The average molecular weight is 271 g/mol. The predicted molar refractivity (Wildman–Crippen MR) is 80.7 cm³/mol. The molecule has 19 heavy (non-hydrogen) atoms. The number of hydrogen-bond acceptors (Lipinski definition) is 3. The van der Waals surface area contributed by atoms with Crippen molar-refractivity contribution >= 4 is 17.4 Å². The molecular formula is C16H17NOS. The number of ether oxygens (including phenoxy) is 1. The molecule has 0 fully saturated rings. The van der Waals surface area contributed by atoms with E-state index in [1.165, 1.54) is 26.6 Å². The second kappa shape index (κ2) is 4.82. The van der Waals surface area contributed by atoms with Gasteiger partial charge in [0.25, 0.3) is 0 Å². The molecular weight excluding hydrogens is 254 g/mol. The summed E-state index contributed by atoms with van der Waals surface area (Å²) in [4.78, 5) is 4.80. The molecule has 0 bridgehead atoms. The molecule has 1 aliphatic rings. The van der Waals surface area contributed by atoms with Gasteiger partial charge in [0.15, 0.2) is 0 Å². The SMILES string of the molecule is COc1cccc2c1Cc1ccc(N(C)C)cc1S2. The van der Waals surface area contributed by atoms with Crippen LogP contribution in [0.1, 0.15) is 11.1 Å². The number of fused-ring (bicyclic) bond motifs is 2. The van der Waals surface area contributed by atoms with Gasteiger partial charge in [0.05, 0.1) is 7.11 Å². The second-order valence-corrected chi connectivity index (χ2v) is 5.99. The zero-order valence-corrected chi connectivity index (χ0v) is 12.3. The molecule has 3 rings (SSSR count). The van der Waals surface area contributed by atoms with Crippen molar-refractivity contribution in [2.24, 2.45) is 0 Å². The van der Waals surface area contributed by atoms with Crippen LogP contribution in [-0.4, -0.2) is 21.2 Å². The molecule has 0 saturated carbocycles. The Kier molecular flexibility index (Phi) is 3.15. The minimum atomic E-state index is 0.954. The Labute approximate surface area is 118 Å². The fourth-order valence-corrected chi connectivity index (χ4v) is 3.51. The molecule has 0 saturated heterocycles. The molecule has 3 heteroatoms. The smallest absolute Gasteiger partial charge is 0.123 e. The highest BCUT2D eigenvalue weighted by atomic mass is 32.2. The molecule has 0 atom stereocenters. The number of nitrogens with zero attached hydrogens (tertiary/aromatic N) is 1. The summed E-state index contributed by atoms with van der Waals surface area (Å²) in [5.74, 6) is 0.993. The van der Waals surface area contributed by atoms with E-state index in [2.05, 4.69) is 49.3 Å². The molecule has 0 N–H and O–H groups in total. The number of benzene rings is 2. The van der Waals surface area contributed by atoms with Crippen LogP contribution in [0.3, 0.4) is 0 Å². The third kappa shape index (κ3) is 2.19. The van der Waals surface area contributed by atoms with Crippen LogP contribution >= 0.6 is 11.8 Å². The van der Waals surface area contributed by atoms with E-state index < -0.39 is 0 Å². The first-order valence-corrected chi connectivity index (χ1v) is 7.14. The fraction of sp³-hybridized carbons (Fsp3) is 0.250. The molecule has 0 radical (unpaired) electrons. The zero-order chi connectivity index (χ0) is 13.4. The maximum atomic E-state index is 5.47. The van der Waals surface area contributed by atoms with Gasteiger partial charge in [0, 0.05) is 41.6 Å². The van der Waals surface area contributed by atoms with Crippen LogP contribution in [0.25, 0.3) is 0 Å². The molecule has 0 aromatic heterocycles. The predicted octanol–water partition coefficient (Wildman–Crippen LogP) is 3.82. The van der Waals surface area contributed by atoms with E-state index in [4.69, 9.17) is 4.74 Å². The number of anilines is 1. The Balaban J connectivity index is 2.04. The maximum absolute atomic E-state index is 5.47. The molecule has 0 spiro atoms. The van der Waals surface area contributed by atoms with Crippen LogP contribution in [0.2, 0.25) is 0 Å². The molecule has 1 heterocycles. The number of hydrogen-bond donors (Lipinski definition) is 0. The van der Waals surface area contributed by atoms with Crippen LogP contribution in [0.5, 0.6) is 5.75 Å². The number of rotatable bonds is 2. The molecule has 98 valence electrons. The standard InChI is InChI=1S/C16H17NOS/c1-17(2)12-8-7-11-9-13-14(18-3)5-4-6-15(13)19-16(11)10-12/h4-8,10H,9H2,1-3H3. The topological polar surface area (TPSA) is 12.5 Å². The third-order valence-corrected chi connectivity index (χ3v) is 4.67. The average Bonchev–Trinajstić information content (AvgIpc) is 2.43. The fourth-order valence-electron chi connectivity index (χ4n) is 2.38. The lowest BCUT2D eigenvalue weighted by atomic mass is 10.0. The first-order chi connectivity index (χ1) is 9.19. The largest absolute Gasteiger partial charge is 0.496 e. The van der Waals surface area contributed by atoms with Crippen molar-refractivity contribution in [3.05, 3.63) is 47.5 Å². The molecule has 2 nitrogen and oxygen atoms in total. The summed E-state index contributed by atoms with van der Waals surface area (Å²) in [6, 6.07) is 13.0. The van der Waals surface area contributed by atoms with Gasteiger partial charge in [-0.3, -0.25) is 0 Å². The van der Waals surface area contributed by atoms with Crippen molar-refractivity contribution in [2.75, 3.05) is 26.1 Å². The van der Waals surface area contributed by atoms with Crippen molar-refractivity contribution < 1.29 is 4.74 Å². The van der Waals surface area contributed by atoms with Crippen LogP contribution in [0.15, 0.2) is 46.2 Å². The van der Waals surface area contributed by atoms with E-state index >= 15 is 0 Å². The first-order valence-electron chi connectivity index (χ1n) is 6.33. The van der Waals surface area contributed by atoms with Crippen LogP contribution in [0, 0.1) is 0 Å². The molecule has 1 aliphatic heterocycles. The van der Waals surface area contributed by atoms with Crippen molar-refractivity contribution in [1.29, 1.82) is 0 Å². The summed E-state index contributed by atoms with van der Waals surface area (Å²) in [7, 11) is 5.89. The first kappa shape index (κ1) is 12.4. The Morgan fingerprint density at radius 1 is 1.11 bits per heavy atom. The Hall–Kier alpha value is -1.61. The lowest BCUT2D eigenvalue weighted by Crippen LogP contribution is -2.10. The van der Waals surface area contributed by atoms with Crippen molar-refractivity contribution in [3.63, 3.8) is 0 Å². The van der Waals surface area contributed by atoms with E-state index in [0.717, 1.165) is 12.2 Å². The van der Waals surface area contributed by atoms with E-state index in [9.17, 15) is 0 Å². The van der Waals surface area contributed by atoms with Gasteiger partial charge in [0.2, 0.25) is 0 Å². The van der Waals surface area contributed by atoms with E-state index in [-0.39, 0.29) is 0 Å². The highest BCUT2D eigenvalue weighted by Crippen LogP contribution is 2.43. The van der Waals surface area contributed by atoms with Gasteiger partial charge in [-0.05, 0) is 29.8 Å². The summed E-state index contributed by atoms with van der Waals surface area (Å²) < 4.78 is 5.47. The highest BCUT2D eigenvalue weighted by molar-refractivity contribution is 7.99. The van der Waals surface area contributed by atoms with Gasteiger partial charge >= 0.3 is 0 Å². The normalized spacial score (nSPS) is 12.6. The monoisotopic (exact) mass is 271 g/mol. The molecule has 0 aliphatic carbocycles. The van der Waals surface area contributed by atoms with Gasteiger partial charge in [-0.1, -0.05) is 23.9 Å². The van der Waals surface area contributed by atoms with Gasteiger partial charge in [0.1, 0.15) is 5.75 Å². The summed E-state index contributed by atoms with van der Waals surface area (Å²) >= 11 is 1.84. The summed E-state index contributed by atoms with van der Waals surface area (Å²) in [6.45, 7) is 0. The summed E-state index contributed by atoms with van der Waals surface area (Å²) in [5.41, 5.74) is 3.94. The minimum absolute atomic E-state index is 0.954. The Morgan fingerprint density at radius 3 is 2.68 bits per heavy atom. The molecule has 2 aromatic carbocycles. The zero-order valence-electron chi connectivity index (χ0n) is 11.4. The lowest BCUT2D eigenvalue weighted by molar-refractivity contribution is 0.408. The van der Waals surface area contributed by atoms with Gasteiger partial charge in [-0.25, -0.2) is 0 Å². The van der Waals surface area contributed by atoms with Crippen LogP contribution < -0.4 is 9.64 Å². The van der Waals surface area contributed by atoms with Gasteiger partial charge < -0.3 is 9.64 Å². The van der Waals surface area contributed by atoms with E-state index in [1.807, 2.05) is 17.8 Å². The quantitative estimate of drug-likeness (QED) is 0.703. The summed E-state index contributed by atoms with van der Waals surface area (Å²) in [5, 5.41) is 0. The Morgan fingerprint density at radius 2 is 1.95 bits per heavy atom. The van der Waals surface area contributed by atoms with Gasteiger partial charge in [-0.15, -0.1) is 0 Å². The highest BCUT2D eigenvalue weighted by Gasteiger charge is 2.19. The van der Waals surface area contributed by atoms with E-state index in [1.54, 1.807) is 7.11 Å². The molecule has 0 unspecified atom stereocenters. The van der Waals surface area contributed by atoms with E-state index in [0.29, 0.717) is 0 Å². The summed E-state index contributed by atoms with van der Waals surface area (Å²) in [6.07, 6.45) is 0.954. The van der Waals surface area contributed by atoms with Crippen LogP contribution in [0.4, 0.5) is 5.69 Å². The third-order valence-electron chi connectivity index (χ3n) is 3.46. The minimum Gasteiger partial charge on any atom is -0.496 e. The molecule has 0 amide bonds. The second-order valence-electron chi connectivity index (χ2n) is 4.90. The van der Waals surface area contributed by atoms with Crippen molar-refractivity contribution in [3.8, 4) is 5.75 Å². The van der Waals surface area contributed by atoms with Crippen molar-refractivity contribution in [2.45, 2.75) is 16.2 Å². The maximum Gasteiger partial charge on any atom is 0.123 e. The Bertz CT molecular complexity index is 622.